The monoisotopic (exact) mass is 353 g/mol. The topological polar surface area (TPSA) is 55.4 Å². The zero-order chi connectivity index (χ0) is 19.3. The van der Waals surface area contributed by atoms with Gasteiger partial charge in [0, 0.05) is 5.69 Å². The van der Waals surface area contributed by atoms with Gasteiger partial charge in [0.1, 0.15) is 0 Å². The molecule has 0 aliphatic rings. The number of esters is 1. The minimum Gasteiger partial charge on any atom is -0.452 e. The number of amides is 1. The van der Waals surface area contributed by atoms with Crippen molar-refractivity contribution in [2.75, 3.05) is 11.9 Å². The number of benzene rings is 2. The van der Waals surface area contributed by atoms with Crippen LogP contribution >= 0.6 is 0 Å². The molecule has 0 fully saturated rings. The van der Waals surface area contributed by atoms with E-state index < -0.39 is 5.97 Å². The number of rotatable bonds is 6. The maximum atomic E-state index is 12.4. The maximum absolute atomic E-state index is 12.4. The van der Waals surface area contributed by atoms with E-state index in [1.165, 1.54) is 0 Å². The predicted molar refractivity (Wildman–Crippen MR) is 105 cm³/mol. The van der Waals surface area contributed by atoms with Crippen molar-refractivity contribution >= 4 is 17.6 Å². The van der Waals surface area contributed by atoms with E-state index in [1.807, 2.05) is 31.2 Å². The third-order valence-corrected chi connectivity index (χ3v) is 4.23. The Kier molecular flexibility index (Phi) is 6.56. The molecule has 0 saturated carbocycles. The summed E-state index contributed by atoms with van der Waals surface area (Å²) in [6, 6.07) is 13.2. The fourth-order valence-corrected chi connectivity index (χ4v) is 2.86. The van der Waals surface area contributed by atoms with Crippen molar-refractivity contribution in [2.45, 2.75) is 46.5 Å². The molecule has 0 unspecified atom stereocenters. The molecule has 0 aromatic heterocycles. The first-order valence-corrected chi connectivity index (χ1v) is 8.96. The highest BCUT2D eigenvalue weighted by Gasteiger charge is 2.17. The van der Waals surface area contributed by atoms with Gasteiger partial charge in [-0.2, -0.15) is 0 Å². The highest BCUT2D eigenvalue weighted by atomic mass is 16.5. The second-order valence-electron chi connectivity index (χ2n) is 7.11. The largest absolute Gasteiger partial charge is 0.452 e. The zero-order valence-electron chi connectivity index (χ0n) is 16.1. The number of hydrogen-bond donors (Lipinski definition) is 1. The van der Waals surface area contributed by atoms with Crippen molar-refractivity contribution in [1.29, 1.82) is 0 Å². The summed E-state index contributed by atoms with van der Waals surface area (Å²) in [6.07, 6.45) is 0. The van der Waals surface area contributed by atoms with Crippen molar-refractivity contribution in [3.63, 3.8) is 0 Å². The Morgan fingerprint density at radius 1 is 0.962 bits per heavy atom. The van der Waals surface area contributed by atoms with Crippen LogP contribution < -0.4 is 5.32 Å². The Bertz CT molecular complexity index is 767. The number of anilines is 1. The van der Waals surface area contributed by atoms with Gasteiger partial charge in [-0.3, -0.25) is 4.79 Å². The van der Waals surface area contributed by atoms with Gasteiger partial charge in [0.2, 0.25) is 0 Å². The molecule has 0 saturated heterocycles. The summed E-state index contributed by atoms with van der Waals surface area (Å²) >= 11 is 0. The summed E-state index contributed by atoms with van der Waals surface area (Å²) in [7, 11) is 0. The molecular weight excluding hydrogens is 326 g/mol. The highest BCUT2D eigenvalue weighted by molar-refractivity contribution is 5.96. The van der Waals surface area contributed by atoms with Crippen LogP contribution in [0.5, 0.6) is 0 Å². The van der Waals surface area contributed by atoms with Crippen molar-refractivity contribution in [3.05, 3.63) is 64.7 Å². The lowest BCUT2D eigenvalue weighted by Gasteiger charge is -2.20. The number of carbonyl (C=O) groups is 2. The summed E-state index contributed by atoms with van der Waals surface area (Å²) in [6.45, 7) is 9.95. The van der Waals surface area contributed by atoms with Gasteiger partial charge >= 0.3 is 5.97 Å². The molecule has 0 aliphatic carbocycles. The summed E-state index contributed by atoms with van der Waals surface area (Å²) in [4.78, 5) is 24.5. The number of ether oxygens (including phenoxy) is 1. The molecule has 2 rings (SSSR count). The Labute approximate surface area is 155 Å². The van der Waals surface area contributed by atoms with E-state index in [1.54, 1.807) is 18.2 Å². The fourth-order valence-electron chi connectivity index (χ4n) is 2.86. The molecule has 1 amide bonds. The van der Waals surface area contributed by atoms with Crippen LogP contribution in [0.15, 0.2) is 42.5 Å². The van der Waals surface area contributed by atoms with Crippen molar-refractivity contribution < 1.29 is 14.3 Å². The molecule has 4 nitrogen and oxygen atoms in total. The van der Waals surface area contributed by atoms with Gasteiger partial charge < -0.3 is 10.1 Å². The molecule has 2 aromatic carbocycles. The minimum atomic E-state index is -0.495. The number of aryl methyl sites for hydroxylation is 1. The third kappa shape index (κ3) is 4.94. The molecule has 138 valence electrons. The van der Waals surface area contributed by atoms with Gasteiger partial charge in [0.15, 0.2) is 6.61 Å². The third-order valence-electron chi connectivity index (χ3n) is 4.23. The lowest BCUT2D eigenvalue weighted by atomic mass is 9.92. The van der Waals surface area contributed by atoms with Crippen molar-refractivity contribution in [2.24, 2.45) is 0 Å². The molecule has 2 aromatic rings. The molecule has 1 N–H and O–H groups in total. The standard InChI is InChI=1S/C22H27NO3/c1-14(2)18-10-7-11-19(15(3)4)21(18)23-20(24)13-26-22(25)17-9-6-8-16(5)12-17/h6-12,14-15H,13H2,1-5H3,(H,23,24). The van der Waals surface area contributed by atoms with Crippen LogP contribution in [0.2, 0.25) is 0 Å². The number of carbonyl (C=O) groups excluding carboxylic acids is 2. The van der Waals surface area contributed by atoms with Gasteiger partial charge in [-0.1, -0.05) is 63.6 Å². The van der Waals surface area contributed by atoms with Crippen LogP contribution in [0, 0.1) is 6.92 Å². The first kappa shape index (κ1) is 19.7. The minimum absolute atomic E-state index is 0.277. The van der Waals surface area contributed by atoms with Crippen LogP contribution in [0.1, 0.15) is 66.6 Å². The Balaban J connectivity index is 2.09. The second kappa shape index (κ2) is 8.65. The van der Waals surface area contributed by atoms with Crippen LogP contribution in [0.3, 0.4) is 0 Å². The van der Waals surface area contributed by atoms with Crippen LogP contribution in [-0.2, 0) is 9.53 Å². The molecule has 0 bridgehead atoms. The van der Waals surface area contributed by atoms with Gasteiger partial charge in [-0.15, -0.1) is 0 Å². The summed E-state index contributed by atoms with van der Waals surface area (Å²) in [5.74, 6) is -0.274. The number of nitrogens with one attached hydrogen (secondary N) is 1. The maximum Gasteiger partial charge on any atom is 0.338 e. The number of hydrogen-bond acceptors (Lipinski definition) is 3. The summed E-state index contributed by atoms with van der Waals surface area (Å²) in [5, 5.41) is 2.94. The first-order valence-electron chi connectivity index (χ1n) is 8.96. The molecule has 0 spiro atoms. The van der Waals surface area contributed by atoms with E-state index in [2.05, 4.69) is 33.0 Å². The summed E-state index contributed by atoms with van der Waals surface area (Å²) < 4.78 is 5.17. The van der Waals surface area contributed by atoms with Gasteiger partial charge in [0.05, 0.1) is 5.56 Å². The molecule has 0 atom stereocenters. The SMILES string of the molecule is Cc1cccc(C(=O)OCC(=O)Nc2c(C(C)C)cccc2C(C)C)c1. The fraction of sp³-hybridized carbons (Fsp3) is 0.364. The first-order chi connectivity index (χ1) is 12.3. The molecular formula is C22H27NO3. The van der Waals surface area contributed by atoms with E-state index in [0.717, 1.165) is 22.4 Å². The van der Waals surface area contributed by atoms with Gasteiger partial charge in [-0.25, -0.2) is 4.79 Å². The van der Waals surface area contributed by atoms with Crippen LogP contribution in [0.25, 0.3) is 0 Å². The predicted octanol–water partition coefficient (Wildman–Crippen LogP) is 5.04. The quantitative estimate of drug-likeness (QED) is 0.740. The highest BCUT2D eigenvalue weighted by Crippen LogP contribution is 2.32. The zero-order valence-corrected chi connectivity index (χ0v) is 16.1. The number of para-hydroxylation sites is 1. The van der Waals surface area contributed by atoms with E-state index in [4.69, 9.17) is 4.74 Å². The Hall–Kier alpha value is -2.62. The van der Waals surface area contributed by atoms with E-state index in [0.29, 0.717) is 5.56 Å². The van der Waals surface area contributed by atoms with Crippen molar-refractivity contribution in [1.82, 2.24) is 0 Å². The normalized spacial score (nSPS) is 10.9. The van der Waals surface area contributed by atoms with E-state index >= 15 is 0 Å². The average Bonchev–Trinajstić information content (AvgIpc) is 2.59. The van der Waals surface area contributed by atoms with E-state index in [9.17, 15) is 9.59 Å². The lowest BCUT2D eigenvalue weighted by molar-refractivity contribution is -0.119. The average molecular weight is 353 g/mol. The van der Waals surface area contributed by atoms with E-state index in [-0.39, 0.29) is 24.3 Å². The second-order valence-corrected chi connectivity index (χ2v) is 7.11. The van der Waals surface area contributed by atoms with Crippen LogP contribution in [-0.4, -0.2) is 18.5 Å². The summed E-state index contributed by atoms with van der Waals surface area (Å²) in [5.41, 5.74) is 4.40. The molecule has 0 radical (unpaired) electrons. The van der Waals surface area contributed by atoms with Gasteiger partial charge in [0.25, 0.3) is 5.91 Å². The molecule has 0 aliphatic heterocycles. The van der Waals surface area contributed by atoms with Crippen LogP contribution in [0.4, 0.5) is 5.69 Å². The Morgan fingerprint density at radius 3 is 2.08 bits per heavy atom. The molecule has 26 heavy (non-hydrogen) atoms. The van der Waals surface area contributed by atoms with Crippen molar-refractivity contribution in [3.8, 4) is 0 Å². The molecule has 0 heterocycles. The lowest BCUT2D eigenvalue weighted by Crippen LogP contribution is -2.22. The Morgan fingerprint density at radius 2 is 1.54 bits per heavy atom. The smallest absolute Gasteiger partial charge is 0.338 e. The molecule has 4 heteroatoms. The van der Waals surface area contributed by atoms with Gasteiger partial charge in [-0.05, 0) is 42.0 Å².